The van der Waals surface area contributed by atoms with Gasteiger partial charge < -0.3 is 20.6 Å². The second-order valence-electron chi connectivity index (χ2n) is 12.5. The molecular weight excluding hydrogens is 566 g/mol. The second-order valence-corrected chi connectivity index (χ2v) is 13.3. The van der Waals surface area contributed by atoms with Crippen LogP contribution in [0, 0.1) is 6.92 Å². The van der Waals surface area contributed by atoms with E-state index in [2.05, 4.69) is 67.6 Å². The first kappa shape index (κ1) is 28.7. The minimum absolute atomic E-state index is 0.0437. The van der Waals surface area contributed by atoms with Gasteiger partial charge in [-0.1, -0.05) is 18.2 Å². The lowest BCUT2D eigenvalue weighted by molar-refractivity contribution is -0.119. The van der Waals surface area contributed by atoms with Crippen molar-refractivity contribution in [1.29, 1.82) is 0 Å². The van der Waals surface area contributed by atoms with Gasteiger partial charge in [0, 0.05) is 24.1 Å². The minimum atomic E-state index is -0.651. The Balaban J connectivity index is 1.24. The summed E-state index contributed by atoms with van der Waals surface area (Å²) in [6.45, 7) is 12.6. The number of anilines is 3. The van der Waals surface area contributed by atoms with Crippen LogP contribution < -0.4 is 10.6 Å². The van der Waals surface area contributed by atoms with Crippen molar-refractivity contribution in [3.8, 4) is 0 Å². The van der Waals surface area contributed by atoms with E-state index in [9.17, 15) is 9.90 Å². The molecule has 40 heavy (non-hydrogen) atoms. The maximum atomic E-state index is 12.5. The molecule has 2 aliphatic rings. The third-order valence-corrected chi connectivity index (χ3v) is 8.87. The van der Waals surface area contributed by atoms with E-state index in [0.29, 0.717) is 11.9 Å². The van der Waals surface area contributed by atoms with Crippen LogP contribution in [-0.4, -0.2) is 51.1 Å². The van der Waals surface area contributed by atoms with Gasteiger partial charge >= 0.3 is 0 Å². The number of nitrogens with zero attached hydrogens (tertiary/aromatic N) is 3. The largest absolute Gasteiger partial charge is 0.389 e. The lowest BCUT2D eigenvalue weighted by Crippen LogP contribution is -2.42. The van der Waals surface area contributed by atoms with Crippen LogP contribution in [0.3, 0.4) is 0 Å². The summed E-state index contributed by atoms with van der Waals surface area (Å²) in [6.07, 6.45) is 5.52. The Morgan fingerprint density at radius 2 is 1.93 bits per heavy atom. The van der Waals surface area contributed by atoms with Gasteiger partial charge in [0.1, 0.15) is 0 Å². The summed E-state index contributed by atoms with van der Waals surface area (Å²) in [4.78, 5) is 24.2. The van der Waals surface area contributed by atoms with Crippen molar-refractivity contribution < 1.29 is 9.90 Å². The van der Waals surface area contributed by atoms with Crippen molar-refractivity contribution in [2.24, 2.45) is 0 Å². The van der Waals surface area contributed by atoms with E-state index in [4.69, 9.17) is 4.98 Å². The van der Waals surface area contributed by atoms with Crippen molar-refractivity contribution in [2.45, 2.75) is 77.2 Å². The molecule has 0 saturated carbocycles. The van der Waals surface area contributed by atoms with Gasteiger partial charge in [0.25, 0.3) is 0 Å². The molecule has 1 amide bonds. The maximum absolute atomic E-state index is 12.5. The SMILES string of the molecule is Cc1cc(Nc2ncc(Br)c(CCc3cccc4c3C(C)(C)C(=O)N4)n2)ccc1C1CCN(CC(C)(C)O)CC1. The zero-order valence-corrected chi connectivity index (χ0v) is 25.7. The highest BCUT2D eigenvalue weighted by molar-refractivity contribution is 9.10. The number of aromatic nitrogens is 2. The molecule has 3 heterocycles. The third-order valence-electron chi connectivity index (χ3n) is 8.20. The van der Waals surface area contributed by atoms with Crippen molar-refractivity contribution in [1.82, 2.24) is 14.9 Å². The standard InChI is InChI=1S/C32H40BrN5O2/c1-20-17-23(10-11-24(20)21-13-15-38(16-14-21)19-31(2,3)40)35-30-34-18-25(33)26(37-30)12-9-22-7-6-8-27-28(22)32(4,5)29(39)36-27/h6-8,10-11,17-18,21,40H,9,12-16,19H2,1-5H3,(H,36,39)(H,34,35,37). The zero-order chi connectivity index (χ0) is 28.7. The third kappa shape index (κ3) is 6.24. The maximum Gasteiger partial charge on any atom is 0.234 e. The van der Waals surface area contributed by atoms with E-state index in [1.165, 1.54) is 11.1 Å². The fraction of sp³-hybridized carbons (Fsp3) is 0.469. The van der Waals surface area contributed by atoms with Crippen molar-refractivity contribution in [3.63, 3.8) is 0 Å². The van der Waals surface area contributed by atoms with E-state index < -0.39 is 11.0 Å². The Morgan fingerprint density at radius 3 is 2.62 bits per heavy atom. The molecule has 0 aliphatic carbocycles. The van der Waals surface area contributed by atoms with E-state index in [-0.39, 0.29) is 5.91 Å². The zero-order valence-electron chi connectivity index (χ0n) is 24.1. The van der Waals surface area contributed by atoms with E-state index in [0.717, 1.165) is 78.0 Å². The number of hydrogen-bond donors (Lipinski definition) is 3. The number of amides is 1. The average Bonchev–Trinajstić information content (AvgIpc) is 3.12. The second kappa shape index (κ2) is 11.2. The first-order valence-corrected chi connectivity index (χ1v) is 15.0. The number of aryl methyl sites for hydroxylation is 3. The first-order chi connectivity index (χ1) is 18.9. The minimum Gasteiger partial charge on any atom is -0.389 e. The highest BCUT2D eigenvalue weighted by Gasteiger charge is 2.39. The molecule has 212 valence electrons. The normalized spacial score (nSPS) is 17.5. The lowest BCUT2D eigenvalue weighted by atomic mass is 9.82. The summed E-state index contributed by atoms with van der Waals surface area (Å²) < 4.78 is 0.876. The highest BCUT2D eigenvalue weighted by Crippen LogP contribution is 2.40. The van der Waals surface area contributed by atoms with Crippen LogP contribution in [0.4, 0.5) is 17.3 Å². The Morgan fingerprint density at radius 1 is 1.18 bits per heavy atom. The van der Waals surface area contributed by atoms with Gasteiger partial charge in [-0.05, 0) is 136 Å². The van der Waals surface area contributed by atoms with Gasteiger partial charge in [-0.3, -0.25) is 4.79 Å². The molecule has 2 aliphatic heterocycles. The smallest absolute Gasteiger partial charge is 0.234 e. The van der Waals surface area contributed by atoms with Crippen LogP contribution >= 0.6 is 15.9 Å². The lowest BCUT2D eigenvalue weighted by Gasteiger charge is -2.36. The number of piperidine rings is 1. The monoisotopic (exact) mass is 605 g/mol. The Labute approximate surface area is 245 Å². The van der Waals surface area contributed by atoms with Gasteiger partial charge in [-0.15, -0.1) is 0 Å². The number of nitrogens with one attached hydrogen (secondary N) is 2. The molecule has 0 unspecified atom stereocenters. The van der Waals surface area contributed by atoms with Gasteiger partial charge in [0.15, 0.2) is 0 Å². The number of benzene rings is 2. The summed E-state index contributed by atoms with van der Waals surface area (Å²) in [7, 11) is 0. The fourth-order valence-electron chi connectivity index (χ4n) is 6.22. The number of carbonyl (C=O) groups is 1. The molecular formula is C32H40BrN5O2. The molecule has 1 fully saturated rings. The summed E-state index contributed by atoms with van der Waals surface area (Å²) >= 11 is 3.63. The quantitative estimate of drug-likeness (QED) is 0.281. The molecule has 0 radical (unpaired) electrons. The first-order valence-electron chi connectivity index (χ1n) is 14.2. The number of halogens is 1. The van der Waals surface area contributed by atoms with Gasteiger partial charge in [0.05, 0.1) is 21.2 Å². The number of carbonyl (C=O) groups excluding carboxylic acids is 1. The van der Waals surface area contributed by atoms with Crippen molar-refractivity contribution in [2.75, 3.05) is 30.3 Å². The Hall–Kier alpha value is -2.81. The van der Waals surface area contributed by atoms with Crippen LogP contribution in [-0.2, 0) is 23.1 Å². The van der Waals surface area contributed by atoms with Crippen molar-refractivity contribution in [3.05, 3.63) is 75.0 Å². The van der Waals surface area contributed by atoms with E-state index in [1.54, 1.807) is 6.20 Å². The molecule has 0 bridgehead atoms. The van der Waals surface area contributed by atoms with Gasteiger partial charge in [0.2, 0.25) is 11.9 Å². The van der Waals surface area contributed by atoms with E-state index >= 15 is 0 Å². The molecule has 3 N–H and O–H groups in total. The fourth-order valence-corrected chi connectivity index (χ4v) is 6.61. The molecule has 0 atom stereocenters. The summed E-state index contributed by atoms with van der Waals surface area (Å²) in [5, 5.41) is 16.6. The molecule has 2 aromatic carbocycles. The molecule has 0 spiro atoms. The van der Waals surface area contributed by atoms with Crippen LogP contribution in [0.15, 0.2) is 47.1 Å². The molecule has 7 nitrogen and oxygen atoms in total. The molecule has 1 aromatic heterocycles. The highest BCUT2D eigenvalue weighted by atomic mass is 79.9. The topological polar surface area (TPSA) is 90.4 Å². The molecule has 1 saturated heterocycles. The van der Waals surface area contributed by atoms with Crippen LogP contribution in [0.2, 0.25) is 0 Å². The number of β-amino-alcohol motifs (C(OH)–C–C–N with tert-alkyl or cyclic N) is 1. The predicted molar refractivity (Wildman–Crippen MR) is 164 cm³/mol. The van der Waals surface area contributed by atoms with Crippen molar-refractivity contribution >= 4 is 39.2 Å². The Kier molecular flexibility index (Phi) is 8.06. The van der Waals surface area contributed by atoms with Crippen LogP contribution in [0.1, 0.15) is 74.4 Å². The number of rotatable bonds is 8. The van der Waals surface area contributed by atoms with Crippen LogP contribution in [0.5, 0.6) is 0 Å². The number of hydrogen-bond acceptors (Lipinski definition) is 6. The Bertz CT molecular complexity index is 1410. The molecule has 8 heteroatoms. The van der Waals surface area contributed by atoms with Gasteiger partial charge in [-0.2, -0.15) is 0 Å². The summed E-state index contributed by atoms with van der Waals surface area (Å²) in [5.74, 6) is 1.15. The predicted octanol–water partition coefficient (Wildman–Crippen LogP) is 6.26. The molecule has 3 aromatic rings. The van der Waals surface area contributed by atoms with Crippen LogP contribution in [0.25, 0.3) is 0 Å². The summed E-state index contributed by atoms with van der Waals surface area (Å²) in [6, 6.07) is 12.6. The molecule has 5 rings (SSSR count). The number of fused-ring (bicyclic) bond motifs is 1. The number of likely N-dealkylation sites (tertiary alicyclic amines) is 1. The average molecular weight is 607 g/mol. The van der Waals surface area contributed by atoms with E-state index in [1.807, 2.05) is 39.8 Å². The number of aliphatic hydroxyl groups is 1. The summed E-state index contributed by atoms with van der Waals surface area (Å²) in [5.41, 5.74) is 6.54. The van der Waals surface area contributed by atoms with Gasteiger partial charge in [-0.25, -0.2) is 9.97 Å².